The first kappa shape index (κ1) is 22.2. The second-order valence-electron chi connectivity index (χ2n) is 8.04. The Morgan fingerprint density at radius 1 is 1.23 bits per heavy atom. The fourth-order valence-corrected chi connectivity index (χ4v) is 5.09. The molecule has 0 unspecified atom stereocenters. The summed E-state index contributed by atoms with van der Waals surface area (Å²) >= 11 is 0. The van der Waals surface area contributed by atoms with Crippen molar-refractivity contribution in [3.8, 4) is 17.0 Å². The van der Waals surface area contributed by atoms with Crippen LogP contribution in [0.25, 0.3) is 11.3 Å². The van der Waals surface area contributed by atoms with Crippen molar-refractivity contribution in [2.75, 3.05) is 25.0 Å². The third-order valence-electron chi connectivity index (χ3n) is 6.61. The van der Waals surface area contributed by atoms with Crippen LogP contribution < -0.4 is 15.8 Å². The van der Waals surface area contributed by atoms with Crippen LogP contribution >= 0.6 is 12.4 Å². The molecule has 162 valence electrons. The van der Waals surface area contributed by atoms with Gasteiger partial charge in [-0.05, 0) is 55.8 Å². The zero-order valence-electron chi connectivity index (χ0n) is 17.1. The lowest BCUT2D eigenvalue weighted by atomic mass is 9.98. The van der Waals surface area contributed by atoms with Crippen LogP contribution in [-0.2, 0) is 6.42 Å². The normalized spacial score (nSPS) is 22.6. The van der Waals surface area contributed by atoms with Crippen LogP contribution in [0.5, 0.6) is 5.75 Å². The average molecular weight is 434 g/mol. The van der Waals surface area contributed by atoms with Gasteiger partial charge in [0.1, 0.15) is 5.75 Å². The Balaban J connectivity index is 0.00000256. The molecule has 1 aliphatic heterocycles. The molecule has 1 saturated carbocycles. The van der Waals surface area contributed by atoms with Crippen LogP contribution in [0.2, 0.25) is 0 Å². The molecule has 1 aromatic heterocycles. The quantitative estimate of drug-likeness (QED) is 0.577. The monoisotopic (exact) mass is 433 g/mol. The van der Waals surface area contributed by atoms with Crippen LogP contribution in [0.1, 0.15) is 35.7 Å². The number of carboxylic acid groups (broad SMARTS) is 1. The molecule has 0 bridgehead atoms. The zero-order valence-corrected chi connectivity index (χ0v) is 18.0. The Morgan fingerprint density at radius 3 is 2.53 bits per heavy atom. The molecule has 0 amide bonds. The van der Waals surface area contributed by atoms with Gasteiger partial charge < -0.3 is 25.4 Å². The van der Waals surface area contributed by atoms with Crippen LogP contribution in [-0.4, -0.2) is 47.3 Å². The summed E-state index contributed by atoms with van der Waals surface area (Å²) in [4.78, 5) is 28.5. The standard InChI is InChI=1S/C22H27N3O4.ClH/c1-3-15-19(24-21(27)18(20(15)26)22(28)29)12-4-7-14(8-5-12)25-10-13-6-9-17(23-2)16(13)11-25;/h4-5,7-8,13,16-17,23H,3,6,9-11H2,1-2H3,(H,28,29)(H2,24,26,27);1H/t13-,16+,17+;/m1./s1. The topological polar surface area (TPSA) is 106 Å². The lowest BCUT2D eigenvalue weighted by molar-refractivity contribution is 0.0691. The van der Waals surface area contributed by atoms with Gasteiger partial charge in [-0.3, -0.25) is 4.79 Å². The van der Waals surface area contributed by atoms with Crippen LogP contribution in [0.4, 0.5) is 5.69 Å². The summed E-state index contributed by atoms with van der Waals surface area (Å²) in [5.41, 5.74) is 1.40. The summed E-state index contributed by atoms with van der Waals surface area (Å²) in [6.45, 7) is 3.92. The molecule has 7 nitrogen and oxygen atoms in total. The second-order valence-corrected chi connectivity index (χ2v) is 8.04. The van der Waals surface area contributed by atoms with Crippen molar-refractivity contribution < 1.29 is 15.0 Å². The third kappa shape index (κ3) is 3.68. The second kappa shape index (κ2) is 8.70. The van der Waals surface area contributed by atoms with E-state index >= 15 is 0 Å². The highest BCUT2D eigenvalue weighted by molar-refractivity contribution is 5.92. The van der Waals surface area contributed by atoms with Gasteiger partial charge in [0, 0.05) is 30.4 Å². The van der Waals surface area contributed by atoms with Gasteiger partial charge in [0.2, 0.25) is 0 Å². The fraction of sp³-hybridized carbons (Fsp3) is 0.455. The van der Waals surface area contributed by atoms with Gasteiger partial charge in [0.25, 0.3) is 5.56 Å². The maximum absolute atomic E-state index is 12.2. The van der Waals surface area contributed by atoms with E-state index in [2.05, 4.69) is 15.2 Å². The number of fused-ring (bicyclic) bond motifs is 1. The maximum Gasteiger partial charge on any atom is 0.345 e. The molecule has 2 aromatic rings. The number of hydrogen-bond donors (Lipinski definition) is 4. The summed E-state index contributed by atoms with van der Waals surface area (Å²) in [5.74, 6) is -0.466. The van der Waals surface area contributed by atoms with Gasteiger partial charge >= 0.3 is 5.97 Å². The van der Waals surface area contributed by atoms with Crippen molar-refractivity contribution in [2.45, 2.75) is 32.2 Å². The van der Waals surface area contributed by atoms with Crippen molar-refractivity contribution in [1.29, 1.82) is 0 Å². The fourth-order valence-electron chi connectivity index (χ4n) is 5.09. The van der Waals surface area contributed by atoms with E-state index < -0.39 is 22.8 Å². The molecule has 30 heavy (non-hydrogen) atoms. The molecule has 8 heteroatoms. The lowest BCUT2D eigenvalue weighted by Crippen LogP contribution is -2.33. The summed E-state index contributed by atoms with van der Waals surface area (Å²) in [5, 5.41) is 23.0. The predicted molar refractivity (Wildman–Crippen MR) is 119 cm³/mol. The molecule has 2 heterocycles. The molecule has 3 atom stereocenters. The number of H-pyrrole nitrogens is 1. The number of carboxylic acids is 1. The van der Waals surface area contributed by atoms with Crippen molar-refractivity contribution in [2.24, 2.45) is 11.8 Å². The molecule has 4 N–H and O–H groups in total. The molecule has 1 aliphatic carbocycles. The van der Waals surface area contributed by atoms with Crippen LogP contribution in [0, 0.1) is 11.8 Å². The number of nitrogens with zero attached hydrogens (tertiary/aromatic N) is 1. The first-order valence-corrected chi connectivity index (χ1v) is 10.2. The number of benzene rings is 1. The first-order chi connectivity index (χ1) is 13.9. The number of pyridine rings is 1. The van der Waals surface area contributed by atoms with E-state index in [1.54, 1.807) is 0 Å². The lowest BCUT2D eigenvalue weighted by Gasteiger charge is -2.22. The minimum absolute atomic E-state index is 0. The summed E-state index contributed by atoms with van der Waals surface area (Å²) < 4.78 is 0. The van der Waals surface area contributed by atoms with Crippen molar-refractivity contribution in [3.63, 3.8) is 0 Å². The van der Waals surface area contributed by atoms with E-state index in [-0.39, 0.29) is 12.4 Å². The van der Waals surface area contributed by atoms with Crippen molar-refractivity contribution in [3.05, 3.63) is 45.7 Å². The number of aromatic nitrogens is 1. The highest BCUT2D eigenvalue weighted by Gasteiger charge is 2.41. The maximum atomic E-state index is 12.2. The Hall–Kier alpha value is -2.51. The van der Waals surface area contributed by atoms with Gasteiger partial charge in [-0.2, -0.15) is 0 Å². The first-order valence-electron chi connectivity index (χ1n) is 10.2. The number of aromatic amines is 1. The van der Waals surface area contributed by atoms with E-state index in [9.17, 15) is 19.8 Å². The molecular weight excluding hydrogens is 406 g/mol. The number of rotatable bonds is 5. The van der Waals surface area contributed by atoms with Gasteiger partial charge in [-0.15, -0.1) is 12.4 Å². The minimum Gasteiger partial charge on any atom is -0.506 e. The Kier molecular flexibility index (Phi) is 6.43. The number of aromatic carboxylic acids is 1. The number of anilines is 1. The summed E-state index contributed by atoms with van der Waals surface area (Å²) in [7, 11) is 2.04. The predicted octanol–water partition coefficient (Wildman–Crippen LogP) is 2.86. The van der Waals surface area contributed by atoms with Gasteiger partial charge in [0.15, 0.2) is 5.56 Å². The molecule has 1 aromatic carbocycles. The van der Waals surface area contributed by atoms with Gasteiger partial charge in [0.05, 0.1) is 5.69 Å². The number of aromatic hydroxyl groups is 1. The number of carbonyl (C=O) groups is 1. The third-order valence-corrected chi connectivity index (χ3v) is 6.61. The molecule has 1 saturated heterocycles. The van der Waals surface area contributed by atoms with E-state index in [4.69, 9.17) is 0 Å². The SMILES string of the molecule is CCc1c(-c2ccc(N3C[C@H]4CC[C@H](NC)[C@H]4C3)cc2)[nH]c(=O)c(C(=O)O)c1O.Cl. The minimum atomic E-state index is -1.43. The number of hydrogen-bond acceptors (Lipinski definition) is 5. The summed E-state index contributed by atoms with van der Waals surface area (Å²) in [6.07, 6.45) is 2.92. The average Bonchev–Trinajstić information content (AvgIpc) is 3.28. The van der Waals surface area contributed by atoms with Crippen molar-refractivity contribution in [1.82, 2.24) is 10.3 Å². The molecule has 4 rings (SSSR count). The molecule has 2 aliphatic rings. The van der Waals surface area contributed by atoms with E-state index in [0.29, 0.717) is 29.6 Å². The smallest absolute Gasteiger partial charge is 0.345 e. The van der Waals surface area contributed by atoms with E-state index in [0.717, 1.165) is 30.3 Å². The molecular formula is C22H28ClN3O4. The van der Waals surface area contributed by atoms with Crippen LogP contribution in [0.3, 0.4) is 0 Å². The summed E-state index contributed by atoms with van der Waals surface area (Å²) in [6, 6.07) is 8.50. The largest absolute Gasteiger partial charge is 0.506 e. The Labute approximate surface area is 181 Å². The molecule has 0 radical (unpaired) electrons. The van der Waals surface area contributed by atoms with Gasteiger partial charge in [-0.1, -0.05) is 19.1 Å². The molecule has 2 fully saturated rings. The number of nitrogens with one attached hydrogen (secondary N) is 2. The Bertz CT molecular complexity index is 989. The Morgan fingerprint density at radius 2 is 1.93 bits per heavy atom. The highest BCUT2D eigenvalue weighted by Crippen LogP contribution is 2.40. The van der Waals surface area contributed by atoms with Crippen LogP contribution in [0.15, 0.2) is 29.1 Å². The van der Waals surface area contributed by atoms with E-state index in [1.165, 1.54) is 12.8 Å². The zero-order chi connectivity index (χ0) is 20.7. The number of halogens is 1. The van der Waals surface area contributed by atoms with Crippen molar-refractivity contribution >= 4 is 24.1 Å². The molecule has 0 spiro atoms. The van der Waals surface area contributed by atoms with E-state index in [1.807, 2.05) is 38.2 Å². The van der Waals surface area contributed by atoms with Gasteiger partial charge in [-0.25, -0.2) is 4.79 Å². The highest BCUT2D eigenvalue weighted by atomic mass is 35.5.